The summed E-state index contributed by atoms with van der Waals surface area (Å²) in [5, 5.41) is 0. The quantitative estimate of drug-likeness (QED) is 0.362. The van der Waals surface area contributed by atoms with Crippen molar-refractivity contribution in [2.75, 3.05) is 0 Å². The normalized spacial score (nSPS) is 16.8. The van der Waals surface area contributed by atoms with E-state index in [1.165, 1.54) is 0 Å². The smallest absolute Gasteiger partial charge is 0.277 e. The number of phosphoric acid groups is 2. The second kappa shape index (κ2) is 9.22. The van der Waals surface area contributed by atoms with Crippen LogP contribution in [0.25, 0.3) is 0 Å². The monoisotopic (exact) mass is 325 g/mol. The Kier molecular flexibility index (Phi) is 16.5. The summed E-state index contributed by atoms with van der Waals surface area (Å²) in [6.45, 7) is 0. The van der Waals surface area contributed by atoms with E-state index in [0.29, 0.717) is 0 Å². The highest BCUT2D eigenvalue weighted by molar-refractivity contribution is 7.65. The zero-order valence-corrected chi connectivity index (χ0v) is 12.3. The van der Waals surface area contributed by atoms with Crippen LogP contribution in [0.2, 0.25) is 0 Å². The molecule has 14 nitrogen and oxygen atoms in total. The van der Waals surface area contributed by atoms with Gasteiger partial charge in [0.2, 0.25) is 7.75 Å². The molecule has 0 aromatic rings. The van der Waals surface area contributed by atoms with Crippen LogP contribution in [0.3, 0.4) is 0 Å². The van der Waals surface area contributed by atoms with Crippen molar-refractivity contribution >= 4 is 23.4 Å². The molecule has 0 radical (unpaired) electrons. The molecule has 18 N–H and O–H groups in total. The van der Waals surface area contributed by atoms with Crippen molar-refractivity contribution in [2.45, 2.75) is 0 Å². The Bertz CT molecular complexity index is 287. The van der Waals surface area contributed by atoms with Gasteiger partial charge in [-0.05, 0) is 0 Å². The van der Waals surface area contributed by atoms with Gasteiger partial charge >= 0.3 is 0 Å². The third-order valence-electron chi connectivity index (χ3n) is 0.414. The van der Waals surface area contributed by atoms with Crippen LogP contribution in [0.5, 0.6) is 0 Å². The number of hydrogen-bond donors (Lipinski definition) is 5. The molecule has 0 fully saturated rings. The molecule has 2 atom stereocenters. The zero-order chi connectivity index (χ0) is 10.9. The van der Waals surface area contributed by atoms with Crippen molar-refractivity contribution in [3.8, 4) is 0 Å². The fourth-order valence-corrected chi connectivity index (χ4v) is 2.76. The molecule has 0 heterocycles. The topological polar surface area (TPSA) is 334 Å². The summed E-state index contributed by atoms with van der Waals surface area (Å²) in [7, 11) is -16.9. The molecule has 0 rings (SSSR count). The molecular weight excluding hydrogens is 307 g/mol. The van der Waals surface area contributed by atoms with Crippen molar-refractivity contribution in [2.24, 2.45) is 5.50 Å². The standard InChI is InChI=1S/H6NO9P3.4H3N/c1-11(2,3)9-13(7,8)10-12(4,5)6;;;;/h(H,7,8)(H3,1,2,3)(H2,4,5,6);4*1H3. The fraction of sp³-hybridized carbons (Fsp3) is 0. The molecule has 0 aromatic heterocycles. The summed E-state index contributed by atoms with van der Waals surface area (Å²) in [5.74, 6) is 0. The number of rotatable bonds is 4. The lowest BCUT2D eigenvalue weighted by Gasteiger charge is -2.36. The lowest BCUT2D eigenvalue weighted by atomic mass is 13.9. The first-order chi connectivity index (χ1) is 5.41. The zero-order valence-electron chi connectivity index (χ0n) is 9.59. The molecule has 2 unspecified atom stereocenters. The molecule has 0 spiro atoms. The van der Waals surface area contributed by atoms with Gasteiger partial charge in [0.15, 0.2) is 0 Å². The van der Waals surface area contributed by atoms with E-state index in [0.717, 1.165) is 0 Å². The van der Waals surface area contributed by atoms with Gasteiger partial charge < -0.3 is 48.7 Å². The summed E-state index contributed by atoms with van der Waals surface area (Å²) in [6.07, 6.45) is 0. The van der Waals surface area contributed by atoms with E-state index >= 15 is 0 Å². The summed E-state index contributed by atoms with van der Waals surface area (Å²) in [5.41, 5.74) is 4.07. The van der Waals surface area contributed by atoms with Crippen molar-refractivity contribution in [3.05, 3.63) is 0 Å². The Balaban J connectivity index is -0.000000120. The molecular formula is H18N5O9P3. The van der Waals surface area contributed by atoms with Gasteiger partial charge in [0, 0.05) is 0 Å². The van der Waals surface area contributed by atoms with Crippen LogP contribution in [-0.4, -0.2) is 0 Å². The minimum absolute atomic E-state index is 0. The maximum Gasteiger partial charge on any atom is 0.277 e. The van der Waals surface area contributed by atoms with Gasteiger partial charge in [-0.15, -0.1) is 0 Å². The molecule has 0 saturated carbocycles. The average molecular weight is 325 g/mol. The lowest BCUT2D eigenvalue weighted by Crippen LogP contribution is -2.21. The van der Waals surface area contributed by atoms with Crippen molar-refractivity contribution in [3.63, 3.8) is 0 Å². The molecule has 0 aliphatic heterocycles. The van der Waals surface area contributed by atoms with Gasteiger partial charge in [-0.2, -0.15) is 0 Å². The predicted octanol–water partition coefficient (Wildman–Crippen LogP) is -1.75. The first-order valence-corrected chi connectivity index (χ1v) is 6.80. The van der Waals surface area contributed by atoms with Gasteiger partial charge in [0.25, 0.3) is 7.82 Å². The van der Waals surface area contributed by atoms with E-state index in [4.69, 9.17) is 0 Å². The minimum Gasteiger partial charge on any atom is -0.790 e. The van der Waals surface area contributed by atoms with Gasteiger partial charge in [-0.25, -0.2) is 0 Å². The van der Waals surface area contributed by atoms with Crippen molar-refractivity contribution < 1.29 is 41.9 Å². The third-order valence-corrected chi connectivity index (χ3v) is 3.72. The summed E-state index contributed by atoms with van der Waals surface area (Å²) < 4.78 is 35.6. The van der Waals surface area contributed by atoms with E-state index in [-0.39, 0.29) is 24.6 Å². The molecule has 0 aliphatic carbocycles. The highest BCUT2D eigenvalue weighted by Gasteiger charge is 2.16. The van der Waals surface area contributed by atoms with Crippen molar-refractivity contribution in [1.29, 1.82) is 0 Å². The maximum atomic E-state index is 10.2. The van der Waals surface area contributed by atoms with Crippen LogP contribution in [0.1, 0.15) is 0 Å². The highest BCUT2D eigenvalue weighted by Crippen LogP contribution is 2.57. The van der Waals surface area contributed by atoms with Crippen LogP contribution in [0.4, 0.5) is 0 Å². The molecule has 0 saturated heterocycles. The summed E-state index contributed by atoms with van der Waals surface area (Å²) >= 11 is 0. The van der Waals surface area contributed by atoms with E-state index in [1.54, 1.807) is 0 Å². The summed E-state index contributed by atoms with van der Waals surface area (Å²) in [4.78, 5) is 39.6. The molecule has 112 valence electrons. The largest absolute Gasteiger partial charge is 0.790 e. The van der Waals surface area contributed by atoms with Crippen LogP contribution in [-0.2, 0) is 22.3 Å². The Labute approximate surface area is 96.3 Å². The van der Waals surface area contributed by atoms with E-state index < -0.39 is 23.4 Å². The molecule has 17 heteroatoms. The van der Waals surface area contributed by atoms with Crippen LogP contribution in [0.15, 0.2) is 0 Å². The van der Waals surface area contributed by atoms with Crippen LogP contribution >= 0.6 is 23.4 Å². The number of quaternary nitrogens is 4. The Morgan fingerprint density at radius 3 is 1.24 bits per heavy atom. The van der Waals surface area contributed by atoms with Gasteiger partial charge in [0.05, 0.1) is 7.82 Å². The molecule has 17 heavy (non-hydrogen) atoms. The molecule has 0 aliphatic rings. The average Bonchev–Trinajstić information content (AvgIpc) is 1.43. The van der Waals surface area contributed by atoms with Crippen LogP contribution < -0.4 is 49.7 Å². The SMILES string of the molecule is NP(=O)([O-])OP(=O)([O-])OP(=O)([O-])[O-].[NH4+].[NH4+].[NH4+].[NH4+]. The Morgan fingerprint density at radius 1 is 0.765 bits per heavy atom. The Hall–Kier alpha value is 0.250. The minimum atomic E-state index is -5.89. The van der Waals surface area contributed by atoms with E-state index in [1.807, 2.05) is 0 Å². The van der Waals surface area contributed by atoms with Gasteiger partial charge in [-0.1, -0.05) is 0 Å². The molecule has 0 amide bonds. The first-order valence-electron chi connectivity index (χ1n) is 2.27. The van der Waals surface area contributed by atoms with E-state index in [9.17, 15) is 33.3 Å². The lowest BCUT2D eigenvalue weighted by molar-refractivity contribution is -0.339. The van der Waals surface area contributed by atoms with Crippen LogP contribution in [0, 0.1) is 0 Å². The fourth-order valence-electron chi connectivity index (χ4n) is 0.277. The Morgan fingerprint density at radius 2 is 1.06 bits per heavy atom. The van der Waals surface area contributed by atoms with E-state index in [2.05, 4.69) is 14.1 Å². The van der Waals surface area contributed by atoms with Gasteiger partial charge in [-0.3, -0.25) is 23.3 Å². The molecule has 0 bridgehead atoms. The van der Waals surface area contributed by atoms with Gasteiger partial charge in [0.1, 0.15) is 0 Å². The number of hydrogen-bond acceptors (Lipinski definition) is 9. The second-order valence-corrected chi connectivity index (χ2v) is 5.77. The van der Waals surface area contributed by atoms with Crippen molar-refractivity contribution in [1.82, 2.24) is 24.6 Å². The molecule has 0 aromatic carbocycles. The predicted molar refractivity (Wildman–Crippen MR) is 53.1 cm³/mol. The summed E-state index contributed by atoms with van der Waals surface area (Å²) in [6, 6.07) is 0. The number of nitrogens with two attached hydrogens (primary N) is 1. The second-order valence-electron chi connectivity index (χ2n) is 1.60. The first kappa shape index (κ1) is 30.4. The third kappa shape index (κ3) is 22.0. The highest BCUT2D eigenvalue weighted by atomic mass is 31.3. The maximum absolute atomic E-state index is 10.2.